The van der Waals surface area contributed by atoms with Crippen molar-refractivity contribution >= 4 is 27.5 Å². The number of carbonyl (C=O) groups excluding carboxylic acids is 1. The number of amides is 1. The van der Waals surface area contributed by atoms with Crippen LogP contribution < -0.4 is 5.32 Å². The monoisotopic (exact) mass is 293 g/mol. The summed E-state index contributed by atoms with van der Waals surface area (Å²) in [6.07, 6.45) is 4.42. The Balaban J connectivity index is 4.40. The lowest BCUT2D eigenvalue weighted by Gasteiger charge is -2.37. The molecule has 0 fully saturated rings. The highest BCUT2D eigenvalue weighted by Crippen LogP contribution is 2.24. The average Bonchev–Trinajstić information content (AvgIpc) is 2.31. The van der Waals surface area contributed by atoms with Gasteiger partial charge in [0.2, 0.25) is 5.91 Å². The van der Waals surface area contributed by atoms with Gasteiger partial charge in [0.25, 0.3) is 0 Å². The highest BCUT2D eigenvalue weighted by molar-refractivity contribution is 8.76. The van der Waals surface area contributed by atoms with Gasteiger partial charge in [-0.3, -0.25) is 4.79 Å². The quantitative estimate of drug-likeness (QED) is 0.402. The Morgan fingerprint density at radius 2 is 1.94 bits per heavy atom. The van der Waals surface area contributed by atoms with Crippen molar-refractivity contribution in [2.24, 2.45) is 5.92 Å². The van der Waals surface area contributed by atoms with Crippen LogP contribution in [0, 0.1) is 5.92 Å². The predicted molar refractivity (Wildman–Crippen MR) is 84.6 cm³/mol. The maximum atomic E-state index is 11.7. The van der Waals surface area contributed by atoms with E-state index in [-0.39, 0.29) is 11.8 Å². The van der Waals surface area contributed by atoms with Crippen LogP contribution in [0.25, 0.3) is 0 Å². The molecule has 1 unspecified atom stereocenters. The minimum atomic E-state index is 0.0726. The Kier molecular flexibility index (Phi) is 9.17. The lowest BCUT2D eigenvalue weighted by atomic mass is 10.1. The van der Waals surface area contributed by atoms with Gasteiger partial charge in [0.05, 0.1) is 20.6 Å². The Morgan fingerprint density at radius 3 is 2.39 bits per heavy atom. The summed E-state index contributed by atoms with van der Waals surface area (Å²) in [5.41, 5.74) is 0. The minimum absolute atomic E-state index is 0.0726. The molecule has 1 atom stereocenters. The van der Waals surface area contributed by atoms with E-state index < -0.39 is 0 Å². The number of nitrogens with one attached hydrogen (secondary N) is 1. The zero-order valence-corrected chi connectivity index (χ0v) is 14.3. The van der Waals surface area contributed by atoms with Crippen molar-refractivity contribution in [1.29, 1.82) is 0 Å². The summed E-state index contributed by atoms with van der Waals surface area (Å²) in [5.74, 6) is 1.31. The minimum Gasteiger partial charge on any atom is -0.350 e. The van der Waals surface area contributed by atoms with E-state index in [1.165, 1.54) is 0 Å². The summed E-state index contributed by atoms with van der Waals surface area (Å²) >= 11 is 0. The molecule has 1 amide bonds. The summed E-state index contributed by atoms with van der Waals surface area (Å²) in [5, 5.41) is 3.08. The predicted octanol–water partition coefficient (Wildman–Crippen LogP) is 2.97. The van der Waals surface area contributed by atoms with Crippen LogP contribution in [0.2, 0.25) is 0 Å². The van der Waals surface area contributed by atoms with Gasteiger partial charge in [-0.2, -0.15) is 0 Å². The Morgan fingerprint density at radius 1 is 1.33 bits per heavy atom. The molecule has 0 saturated carbocycles. The first-order valence-corrected chi connectivity index (χ1v) is 9.33. The van der Waals surface area contributed by atoms with Gasteiger partial charge in [0.1, 0.15) is 11.9 Å². The molecule has 0 bridgehead atoms. The van der Waals surface area contributed by atoms with Crippen molar-refractivity contribution in [3.63, 3.8) is 0 Å². The molecule has 0 aromatic carbocycles. The van der Waals surface area contributed by atoms with Crippen LogP contribution in [-0.2, 0) is 4.79 Å². The summed E-state index contributed by atoms with van der Waals surface area (Å²) in [4.78, 5) is 11.7. The van der Waals surface area contributed by atoms with Gasteiger partial charge in [0, 0.05) is 12.3 Å². The number of nitrogens with zero attached hydrogens (tertiary/aromatic N) is 1. The van der Waals surface area contributed by atoms with Crippen LogP contribution in [0.5, 0.6) is 0 Å². The van der Waals surface area contributed by atoms with Gasteiger partial charge >= 0.3 is 0 Å². The highest BCUT2D eigenvalue weighted by atomic mass is 33.1. The summed E-state index contributed by atoms with van der Waals surface area (Å²) in [6, 6.07) is 0.498. The Labute approximate surface area is 120 Å². The second kappa shape index (κ2) is 9.10. The third-order valence-corrected chi connectivity index (χ3v) is 5.18. The summed E-state index contributed by atoms with van der Waals surface area (Å²) in [7, 11) is 8.20. The van der Waals surface area contributed by atoms with Crippen LogP contribution in [0.3, 0.4) is 0 Å². The van der Waals surface area contributed by atoms with Crippen molar-refractivity contribution in [1.82, 2.24) is 5.32 Å². The van der Waals surface area contributed by atoms with Gasteiger partial charge in [-0.05, 0) is 17.0 Å². The largest absolute Gasteiger partial charge is 0.350 e. The van der Waals surface area contributed by atoms with Crippen molar-refractivity contribution in [2.75, 3.05) is 32.8 Å². The number of rotatable bonds is 9. The van der Waals surface area contributed by atoms with E-state index >= 15 is 0 Å². The lowest BCUT2D eigenvalue weighted by Crippen LogP contribution is -2.53. The first-order valence-electron chi connectivity index (χ1n) is 6.61. The number of hydrogen-bond acceptors (Lipinski definition) is 3. The van der Waals surface area contributed by atoms with Gasteiger partial charge in [-0.25, -0.2) is 0 Å². The molecule has 0 aliphatic heterocycles. The number of quaternary nitrogens is 1. The van der Waals surface area contributed by atoms with E-state index in [2.05, 4.69) is 32.6 Å². The maximum absolute atomic E-state index is 11.7. The standard InChI is InChI=1S/C13H28N2OS2/c1-7-8-12(9-14-13(16)11(2)3)15(4,5)10-18-17-6/h11-12H,7-10H2,1-6H3/p+1. The smallest absolute Gasteiger partial charge is 0.222 e. The molecule has 0 rings (SSSR count). The van der Waals surface area contributed by atoms with Gasteiger partial charge in [0.15, 0.2) is 0 Å². The lowest BCUT2D eigenvalue weighted by molar-refractivity contribution is -0.901. The van der Waals surface area contributed by atoms with Crippen LogP contribution in [-0.4, -0.2) is 49.2 Å². The van der Waals surface area contributed by atoms with E-state index in [1.807, 2.05) is 24.6 Å². The first kappa shape index (κ1) is 18.1. The molecule has 1 N–H and O–H groups in total. The molecular weight excluding hydrogens is 264 g/mol. The second-order valence-electron chi connectivity index (χ2n) is 5.53. The van der Waals surface area contributed by atoms with Crippen molar-refractivity contribution in [3.05, 3.63) is 0 Å². The van der Waals surface area contributed by atoms with Crippen LogP contribution in [0.1, 0.15) is 33.6 Å². The molecule has 0 spiro atoms. The molecule has 5 heteroatoms. The van der Waals surface area contributed by atoms with Crippen LogP contribution in [0.15, 0.2) is 0 Å². The Hall–Kier alpha value is 0.130. The second-order valence-corrected chi connectivity index (χ2v) is 8.07. The normalized spacial score (nSPS) is 13.7. The molecule has 108 valence electrons. The zero-order valence-electron chi connectivity index (χ0n) is 12.7. The van der Waals surface area contributed by atoms with E-state index in [9.17, 15) is 4.79 Å². The topological polar surface area (TPSA) is 29.1 Å². The molecule has 0 saturated heterocycles. The van der Waals surface area contributed by atoms with Crippen molar-refractivity contribution in [3.8, 4) is 0 Å². The molecule has 0 heterocycles. The Bertz CT molecular complexity index is 245. The fourth-order valence-corrected chi connectivity index (χ4v) is 3.47. The van der Waals surface area contributed by atoms with Gasteiger partial charge < -0.3 is 9.80 Å². The number of hydrogen-bond donors (Lipinski definition) is 1. The van der Waals surface area contributed by atoms with E-state index in [4.69, 9.17) is 0 Å². The van der Waals surface area contributed by atoms with Crippen molar-refractivity contribution < 1.29 is 9.28 Å². The zero-order chi connectivity index (χ0) is 14.2. The molecule has 0 radical (unpaired) electrons. The van der Waals surface area contributed by atoms with Crippen LogP contribution >= 0.6 is 21.6 Å². The fourth-order valence-electron chi connectivity index (χ4n) is 1.75. The molecule has 0 aliphatic rings. The molecule has 0 aliphatic carbocycles. The molecule has 0 aromatic heterocycles. The third-order valence-electron chi connectivity index (χ3n) is 3.15. The van der Waals surface area contributed by atoms with Gasteiger partial charge in [-0.1, -0.05) is 38.0 Å². The summed E-state index contributed by atoms with van der Waals surface area (Å²) in [6.45, 7) is 6.87. The number of carbonyl (C=O) groups is 1. The first-order chi connectivity index (χ1) is 8.35. The van der Waals surface area contributed by atoms with E-state index in [0.29, 0.717) is 6.04 Å². The fraction of sp³-hybridized carbons (Fsp3) is 0.923. The summed E-state index contributed by atoms with van der Waals surface area (Å²) < 4.78 is 0.956. The number of likely N-dealkylation sites (N-methyl/N-ethyl adjacent to an activating group) is 1. The maximum Gasteiger partial charge on any atom is 0.222 e. The molecule has 18 heavy (non-hydrogen) atoms. The molecule has 3 nitrogen and oxygen atoms in total. The SMILES string of the molecule is CCCC(CNC(=O)C(C)C)[N+](C)(C)CSSC. The van der Waals surface area contributed by atoms with Crippen LogP contribution in [0.4, 0.5) is 0 Å². The van der Waals surface area contributed by atoms with Crippen molar-refractivity contribution in [2.45, 2.75) is 39.7 Å². The van der Waals surface area contributed by atoms with Gasteiger partial charge in [-0.15, -0.1) is 0 Å². The third kappa shape index (κ3) is 6.90. The molecular formula is C13H29N2OS2+. The molecule has 0 aromatic rings. The van der Waals surface area contributed by atoms with E-state index in [0.717, 1.165) is 29.7 Å². The average molecular weight is 294 g/mol. The highest BCUT2D eigenvalue weighted by Gasteiger charge is 2.28. The van der Waals surface area contributed by atoms with E-state index in [1.54, 1.807) is 10.8 Å².